The fourth-order valence-electron chi connectivity index (χ4n) is 2.25. The summed E-state index contributed by atoms with van der Waals surface area (Å²) in [7, 11) is 3.67. The molecule has 1 aliphatic carbocycles. The number of aryl methyl sites for hydroxylation is 1. The van der Waals surface area contributed by atoms with Crippen LogP contribution in [0.15, 0.2) is 16.7 Å². The highest BCUT2D eigenvalue weighted by Crippen LogP contribution is 2.28. The maximum absolute atomic E-state index is 12.2. The van der Waals surface area contributed by atoms with E-state index in [1.165, 1.54) is 0 Å². The van der Waals surface area contributed by atoms with E-state index in [0.29, 0.717) is 11.6 Å². The van der Waals surface area contributed by atoms with Gasteiger partial charge in [-0.25, -0.2) is 0 Å². The van der Waals surface area contributed by atoms with E-state index in [9.17, 15) is 9.90 Å². The molecule has 1 saturated carbocycles. The van der Waals surface area contributed by atoms with Gasteiger partial charge in [0, 0.05) is 31.3 Å². The molecule has 0 radical (unpaired) electrons. The third kappa shape index (κ3) is 2.72. The van der Waals surface area contributed by atoms with Gasteiger partial charge in [0.05, 0.1) is 6.10 Å². The number of amides is 1. The highest BCUT2D eigenvalue weighted by molar-refractivity contribution is 9.10. The Labute approximate surface area is 109 Å². The largest absolute Gasteiger partial charge is 0.393 e. The van der Waals surface area contributed by atoms with Gasteiger partial charge in [-0.2, -0.15) is 0 Å². The summed E-state index contributed by atoms with van der Waals surface area (Å²) in [6.07, 6.45) is 3.34. The number of carbonyl (C=O) groups excluding carboxylic acids is 1. The van der Waals surface area contributed by atoms with Crippen molar-refractivity contribution in [2.45, 2.75) is 18.9 Å². The third-order valence-electron chi connectivity index (χ3n) is 3.28. The summed E-state index contributed by atoms with van der Waals surface area (Å²) in [5.74, 6) is 0.474. The Morgan fingerprint density at radius 3 is 2.76 bits per heavy atom. The van der Waals surface area contributed by atoms with E-state index in [1.54, 1.807) is 4.90 Å². The molecular formula is C12H17BrN2O2. The zero-order valence-electron chi connectivity index (χ0n) is 10.1. The van der Waals surface area contributed by atoms with Crippen LogP contribution in [0, 0.1) is 5.92 Å². The minimum Gasteiger partial charge on any atom is -0.393 e. The normalized spacial score (nSPS) is 23.3. The van der Waals surface area contributed by atoms with Crippen molar-refractivity contribution in [2.24, 2.45) is 13.0 Å². The summed E-state index contributed by atoms with van der Waals surface area (Å²) in [5.41, 5.74) is 0.680. The topological polar surface area (TPSA) is 45.5 Å². The molecule has 1 amide bonds. The number of carbonyl (C=O) groups is 1. The molecule has 5 heteroatoms. The number of rotatable bonds is 3. The number of halogens is 1. The molecule has 0 saturated heterocycles. The van der Waals surface area contributed by atoms with Gasteiger partial charge in [0.15, 0.2) is 0 Å². The number of aliphatic hydroxyl groups excluding tert-OH is 1. The summed E-state index contributed by atoms with van der Waals surface area (Å²) in [6, 6.07) is 1.83. The van der Waals surface area contributed by atoms with E-state index in [1.807, 2.05) is 30.9 Å². The van der Waals surface area contributed by atoms with Crippen molar-refractivity contribution >= 4 is 21.8 Å². The molecule has 4 nitrogen and oxygen atoms in total. The predicted molar refractivity (Wildman–Crippen MR) is 68.8 cm³/mol. The standard InChI is InChI=1S/C12H17BrN2O2/c1-14-7-9(13)5-11(14)12(17)15(2)6-8-3-10(16)4-8/h5,7-8,10,16H,3-4,6H2,1-2H3. The van der Waals surface area contributed by atoms with E-state index in [-0.39, 0.29) is 12.0 Å². The van der Waals surface area contributed by atoms with Crippen LogP contribution in [-0.2, 0) is 7.05 Å². The number of hydrogen-bond donors (Lipinski definition) is 1. The molecule has 0 aromatic carbocycles. The molecule has 0 atom stereocenters. The molecule has 1 aliphatic rings. The molecule has 94 valence electrons. The average Bonchev–Trinajstić information content (AvgIpc) is 2.54. The van der Waals surface area contributed by atoms with Crippen molar-refractivity contribution in [3.05, 3.63) is 22.4 Å². The Hall–Kier alpha value is -0.810. The van der Waals surface area contributed by atoms with Gasteiger partial charge in [-0.05, 0) is 40.8 Å². The first kappa shape index (κ1) is 12.6. The summed E-state index contributed by atoms with van der Waals surface area (Å²) >= 11 is 3.36. The summed E-state index contributed by atoms with van der Waals surface area (Å²) < 4.78 is 2.73. The number of aromatic nitrogens is 1. The maximum atomic E-state index is 12.2. The van der Waals surface area contributed by atoms with Gasteiger partial charge in [0.1, 0.15) is 5.69 Å². The molecular weight excluding hydrogens is 284 g/mol. The molecule has 0 unspecified atom stereocenters. The zero-order chi connectivity index (χ0) is 12.6. The molecule has 17 heavy (non-hydrogen) atoms. The smallest absolute Gasteiger partial charge is 0.270 e. The lowest BCUT2D eigenvalue weighted by molar-refractivity contribution is 0.0263. The molecule has 0 aliphatic heterocycles. The van der Waals surface area contributed by atoms with Crippen molar-refractivity contribution in [1.82, 2.24) is 9.47 Å². The first-order valence-corrected chi connectivity index (χ1v) is 6.52. The lowest BCUT2D eigenvalue weighted by Crippen LogP contribution is -2.39. The van der Waals surface area contributed by atoms with Gasteiger partial charge >= 0.3 is 0 Å². The van der Waals surface area contributed by atoms with Crippen LogP contribution < -0.4 is 0 Å². The van der Waals surface area contributed by atoms with Crippen LogP contribution in [0.5, 0.6) is 0 Å². The maximum Gasteiger partial charge on any atom is 0.270 e. The van der Waals surface area contributed by atoms with Crippen LogP contribution in [0.1, 0.15) is 23.3 Å². The molecule has 1 N–H and O–H groups in total. The molecule has 1 aromatic heterocycles. The van der Waals surface area contributed by atoms with Gasteiger partial charge < -0.3 is 14.6 Å². The molecule has 1 heterocycles. The van der Waals surface area contributed by atoms with Gasteiger partial charge in [0.2, 0.25) is 0 Å². The number of aliphatic hydroxyl groups is 1. The molecule has 1 aromatic rings. The summed E-state index contributed by atoms with van der Waals surface area (Å²) in [4.78, 5) is 13.9. The third-order valence-corrected chi connectivity index (χ3v) is 3.71. The SMILES string of the molecule is CN(CC1CC(O)C1)C(=O)c1cc(Br)cn1C. The number of hydrogen-bond acceptors (Lipinski definition) is 2. The second kappa shape index (κ2) is 4.82. The predicted octanol–water partition coefficient (Wildman–Crippen LogP) is 1.63. The Bertz CT molecular complexity index is 424. The van der Waals surface area contributed by atoms with Crippen molar-refractivity contribution in [3.63, 3.8) is 0 Å². The lowest BCUT2D eigenvalue weighted by atomic mass is 9.82. The lowest BCUT2D eigenvalue weighted by Gasteiger charge is -2.34. The van der Waals surface area contributed by atoms with Crippen LogP contribution >= 0.6 is 15.9 Å². The highest BCUT2D eigenvalue weighted by atomic mass is 79.9. The zero-order valence-corrected chi connectivity index (χ0v) is 11.6. The molecule has 0 bridgehead atoms. The van der Waals surface area contributed by atoms with Crippen molar-refractivity contribution < 1.29 is 9.90 Å². The van der Waals surface area contributed by atoms with Crippen LogP contribution in [0.4, 0.5) is 0 Å². The van der Waals surface area contributed by atoms with E-state index in [0.717, 1.165) is 23.9 Å². The first-order chi connectivity index (χ1) is 7.97. The fraction of sp³-hybridized carbons (Fsp3) is 0.583. The van der Waals surface area contributed by atoms with E-state index in [2.05, 4.69) is 15.9 Å². The van der Waals surface area contributed by atoms with Gasteiger partial charge in [0.25, 0.3) is 5.91 Å². The average molecular weight is 301 g/mol. The number of nitrogens with zero attached hydrogens (tertiary/aromatic N) is 2. The second-order valence-corrected chi connectivity index (χ2v) is 5.75. The van der Waals surface area contributed by atoms with Gasteiger partial charge in [-0.1, -0.05) is 0 Å². The second-order valence-electron chi connectivity index (χ2n) is 4.83. The van der Waals surface area contributed by atoms with Crippen molar-refractivity contribution in [2.75, 3.05) is 13.6 Å². The van der Waals surface area contributed by atoms with Gasteiger partial charge in [-0.15, -0.1) is 0 Å². The summed E-state index contributed by atoms with van der Waals surface area (Å²) in [6.45, 7) is 0.721. The quantitative estimate of drug-likeness (QED) is 0.922. The minimum atomic E-state index is -0.160. The summed E-state index contributed by atoms with van der Waals surface area (Å²) in [5, 5.41) is 9.22. The van der Waals surface area contributed by atoms with Crippen LogP contribution in [0.3, 0.4) is 0 Å². The fourth-order valence-corrected chi connectivity index (χ4v) is 2.78. The molecule has 2 rings (SSSR count). The molecule has 1 fully saturated rings. The Morgan fingerprint density at radius 1 is 1.65 bits per heavy atom. The monoisotopic (exact) mass is 300 g/mol. The van der Waals surface area contributed by atoms with E-state index >= 15 is 0 Å². The minimum absolute atomic E-state index is 0.0274. The Balaban J connectivity index is 1.97. The highest BCUT2D eigenvalue weighted by Gasteiger charge is 2.29. The van der Waals surface area contributed by atoms with Crippen molar-refractivity contribution in [3.8, 4) is 0 Å². The first-order valence-electron chi connectivity index (χ1n) is 5.72. The van der Waals surface area contributed by atoms with Gasteiger partial charge in [-0.3, -0.25) is 4.79 Å². The van der Waals surface area contributed by atoms with Crippen LogP contribution in [0.25, 0.3) is 0 Å². The van der Waals surface area contributed by atoms with Crippen LogP contribution in [0.2, 0.25) is 0 Å². The molecule has 0 spiro atoms. The van der Waals surface area contributed by atoms with Crippen LogP contribution in [-0.4, -0.2) is 40.2 Å². The Morgan fingerprint density at radius 2 is 2.29 bits per heavy atom. The van der Waals surface area contributed by atoms with Crippen molar-refractivity contribution in [1.29, 1.82) is 0 Å². The van der Waals surface area contributed by atoms with E-state index < -0.39 is 0 Å². The van der Waals surface area contributed by atoms with E-state index in [4.69, 9.17) is 0 Å². The Kier molecular flexibility index (Phi) is 3.58.